The maximum atomic E-state index is 11.8. The van der Waals surface area contributed by atoms with E-state index < -0.39 is 18.4 Å². The van der Waals surface area contributed by atoms with Crippen molar-refractivity contribution < 1.29 is 13.9 Å². The van der Waals surface area contributed by atoms with Gasteiger partial charge < -0.3 is 5.11 Å². The Morgan fingerprint density at radius 3 is 2.00 bits per heavy atom. The van der Waals surface area contributed by atoms with Crippen LogP contribution in [-0.4, -0.2) is 17.1 Å². The van der Waals surface area contributed by atoms with E-state index >= 15 is 0 Å². The lowest BCUT2D eigenvalue weighted by atomic mass is 10.2. The molecule has 0 aromatic heterocycles. The molecular formula is C5H10F2O. The van der Waals surface area contributed by atoms with Gasteiger partial charge in [-0.3, -0.25) is 0 Å². The molecule has 0 fully saturated rings. The third-order valence-electron chi connectivity index (χ3n) is 0.654. The summed E-state index contributed by atoms with van der Waals surface area (Å²) in [5.41, 5.74) is 0. The SMILES string of the molecule is C[C@@H](O)CC(C)(F)F. The van der Waals surface area contributed by atoms with Crippen LogP contribution in [0.2, 0.25) is 0 Å². The molecule has 1 atom stereocenters. The van der Waals surface area contributed by atoms with Gasteiger partial charge in [-0.1, -0.05) is 0 Å². The van der Waals surface area contributed by atoms with Crippen molar-refractivity contribution in [2.45, 2.75) is 32.3 Å². The zero-order chi connectivity index (χ0) is 6.78. The van der Waals surface area contributed by atoms with Crippen molar-refractivity contribution in [3.63, 3.8) is 0 Å². The predicted octanol–water partition coefficient (Wildman–Crippen LogP) is 1.41. The number of halogens is 2. The molecule has 0 aromatic rings. The van der Waals surface area contributed by atoms with Crippen LogP contribution in [-0.2, 0) is 0 Å². The smallest absolute Gasteiger partial charge is 0.247 e. The molecule has 0 aliphatic carbocycles. The highest BCUT2D eigenvalue weighted by Crippen LogP contribution is 2.17. The van der Waals surface area contributed by atoms with Gasteiger partial charge in [0.1, 0.15) is 0 Å². The van der Waals surface area contributed by atoms with Crippen molar-refractivity contribution in [2.75, 3.05) is 0 Å². The van der Waals surface area contributed by atoms with Gasteiger partial charge in [-0.05, 0) is 13.8 Å². The number of aliphatic hydroxyl groups is 1. The summed E-state index contributed by atoms with van der Waals surface area (Å²) in [6, 6.07) is 0. The van der Waals surface area contributed by atoms with Crippen molar-refractivity contribution in [2.24, 2.45) is 0 Å². The van der Waals surface area contributed by atoms with Crippen LogP contribution in [0.25, 0.3) is 0 Å². The number of hydrogen-bond donors (Lipinski definition) is 1. The van der Waals surface area contributed by atoms with Crippen LogP contribution in [0.15, 0.2) is 0 Å². The predicted molar refractivity (Wildman–Crippen MR) is 26.9 cm³/mol. The minimum absolute atomic E-state index is 0.451. The van der Waals surface area contributed by atoms with E-state index in [-0.39, 0.29) is 0 Å². The van der Waals surface area contributed by atoms with E-state index in [1.54, 1.807) is 0 Å². The second-order valence-corrected chi connectivity index (χ2v) is 2.12. The molecule has 0 heterocycles. The van der Waals surface area contributed by atoms with Gasteiger partial charge in [0.05, 0.1) is 6.10 Å². The minimum Gasteiger partial charge on any atom is -0.393 e. The summed E-state index contributed by atoms with van der Waals surface area (Å²) < 4.78 is 23.6. The topological polar surface area (TPSA) is 20.2 Å². The molecule has 0 unspecified atom stereocenters. The molecule has 0 rings (SSSR count). The Morgan fingerprint density at radius 1 is 1.62 bits per heavy atom. The molecule has 0 saturated heterocycles. The zero-order valence-corrected chi connectivity index (χ0v) is 4.99. The molecule has 8 heavy (non-hydrogen) atoms. The van der Waals surface area contributed by atoms with Crippen molar-refractivity contribution in [1.29, 1.82) is 0 Å². The first-order valence-corrected chi connectivity index (χ1v) is 2.48. The normalized spacial score (nSPS) is 16.1. The average molecular weight is 124 g/mol. The van der Waals surface area contributed by atoms with Crippen molar-refractivity contribution >= 4 is 0 Å². The third-order valence-corrected chi connectivity index (χ3v) is 0.654. The minimum atomic E-state index is -2.73. The fourth-order valence-corrected chi connectivity index (χ4v) is 0.519. The van der Waals surface area contributed by atoms with Crippen LogP contribution < -0.4 is 0 Å². The first-order chi connectivity index (χ1) is 3.42. The maximum absolute atomic E-state index is 11.8. The molecule has 50 valence electrons. The van der Waals surface area contributed by atoms with E-state index in [9.17, 15) is 8.78 Å². The van der Waals surface area contributed by atoms with Crippen molar-refractivity contribution in [1.82, 2.24) is 0 Å². The maximum Gasteiger partial charge on any atom is 0.247 e. The van der Waals surface area contributed by atoms with Crippen LogP contribution >= 0.6 is 0 Å². The number of rotatable bonds is 2. The van der Waals surface area contributed by atoms with Gasteiger partial charge in [0.25, 0.3) is 0 Å². The molecule has 0 radical (unpaired) electrons. The lowest BCUT2D eigenvalue weighted by Gasteiger charge is -2.10. The van der Waals surface area contributed by atoms with E-state index in [1.807, 2.05) is 0 Å². The van der Waals surface area contributed by atoms with Gasteiger partial charge in [0.15, 0.2) is 0 Å². The van der Waals surface area contributed by atoms with E-state index in [0.29, 0.717) is 0 Å². The zero-order valence-electron chi connectivity index (χ0n) is 4.99. The summed E-state index contributed by atoms with van der Waals surface area (Å²) in [5.74, 6) is -2.73. The highest BCUT2D eigenvalue weighted by molar-refractivity contribution is 4.61. The van der Waals surface area contributed by atoms with E-state index in [1.165, 1.54) is 6.92 Å². The molecule has 0 aliphatic rings. The lowest BCUT2D eigenvalue weighted by molar-refractivity contribution is -0.0228. The summed E-state index contributed by atoms with van der Waals surface area (Å²) in [7, 11) is 0. The molecule has 0 saturated carbocycles. The largest absolute Gasteiger partial charge is 0.393 e. The lowest BCUT2D eigenvalue weighted by Crippen LogP contribution is -2.17. The highest BCUT2D eigenvalue weighted by Gasteiger charge is 2.22. The van der Waals surface area contributed by atoms with Crippen LogP contribution in [0.4, 0.5) is 8.78 Å². The molecule has 0 spiro atoms. The first-order valence-electron chi connectivity index (χ1n) is 2.48. The van der Waals surface area contributed by atoms with E-state index in [4.69, 9.17) is 5.11 Å². The summed E-state index contributed by atoms with van der Waals surface area (Å²) in [5, 5.41) is 8.41. The average Bonchev–Trinajstić information content (AvgIpc) is 1.21. The van der Waals surface area contributed by atoms with Gasteiger partial charge in [0, 0.05) is 6.42 Å². The molecule has 0 aromatic carbocycles. The van der Waals surface area contributed by atoms with Crippen LogP contribution in [0.3, 0.4) is 0 Å². The third kappa shape index (κ3) is 5.82. The van der Waals surface area contributed by atoms with E-state index in [0.717, 1.165) is 6.92 Å². The van der Waals surface area contributed by atoms with Crippen LogP contribution in [0, 0.1) is 0 Å². The summed E-state index contributed by atoms with van der Waals surface area (Å²) in [6.45, 7) is 2.14. The van der Waals surface area contributed by atoms with Gasteiger partial charge in [0.2, 0.25) is 5.92 Å². The van der Waals surface area contributed by atoms with Gasteiger partial charge in [-0.15, -0.1) is 0 Å². The Morgan fingerprint density at radius 2 is 2.00 bits per heavy atom. The Kier molecular flexibility index (Phi) is 2.34. The highest BCUT2D eigenvalue weighted by atomic mass is 19.3. The Hall–Kier alpha value is -0.180. The summed E-state index contributed by atoms with van der Waals surface area (Å²) in [6.07, 6.45) is -1.36. The molecule has 0 aliphatic heterocycles. The monoisotopic (exact) mass is 124 g/mol. The molecule has 0 bridgehead atoms. The fourth-order valence-electron chi connectivity index (χ4n) is 0.519. The molecule has 1 N–H and O–H groups in total. The quantitative estimate of drug-likeness (QED) is 0.590. The molecule has 3 heteroatoms. The summed E-state index contributed by atoms with van der Waals surface area (Å²) >= 11 is 0. The van der Waals surface area contributed by atoms with Crippen molar-refractivity contribution in [3.8, 4) is 0 Å². The molecule has 0 amide bonds. The van der Waals surface area contributed by atoms with Gasteiger partial charge in [-0.2, -0.15) is 0 Å². The number of alkyl halides is 2. The molecular weight excluding hydrogens is 114 g/mol. The van der Waals surface area contributed by atoms with E-state index in [2.05, 4.69) is 0 Å². The fraction of sp³-hybridized carbons (Fsp3) is 1.00. The first kappa shape index (κ1) is 7.82. The summed E-state index contributed by atoms with van der Waals surface area (Å²) in [4.78, 5) is 0. The number of aliphatic hydroxyl groups excluding tert-OH is 1. The second kappa shape index (κ2) is 2.40. The standard InChI is InChI=1S/C5H10F2O/c1-4(8)3-5(2,6)7/h4,8H,3H2,1-2H3/t4-/m1/s1. The van der Waals surface area contributed by atoms with Crippen molar-refractivity contribution in [3.05, 3.63) is 0 Å². The Balaban J connectivity index is 3.39. The van der Waals surface area contributed by atoms with Crippen LogP contribution in [0.5, 0.6) is 0 Å². The number of hydrogen-bond acceptors (Lipinski definition) is 1. The molecule has 1 nitrogen and oxygen atoms in total. The second-order valence-electron chi connectivity index (χ2n) is 2.12. The Labute approximate surface area is 47.3 Å². The Bertz CT molecular complexity index is 65.3. The van der Waals surface area contributed by atoms with Crippen LogP contribution in [0.1, 0.15) is 20.3 Å². The van der Waals surface area contributed by atoms with Gasteiger partial charge in [-0.25, -0.2) is 8.78 Å². The van der Waals surface area contributed by atoms with Gasteiger partial charge >= 0.3 is 0 Å².